The van der Waals surface area contributed by atoms with Crippen LogP contribution in [-0.4, -0.2) is 67.2 Å². The monoisotopic (exact) mass is 297 g/mol. The van der Waals surface area contributed by atoms with Crippen molar-refractivity contribution < 1.29 is 14.3 Å². The summed E-state index contributed by atoms with van der Waals surface area (Å²) in [6, 6.07) is 0.610. The van der Waals surface area contributed by atoms with E-state index in [2.05, 4.69) is 5.32 Å². The molecule has 2 aliphatic rings. The number of carbonyl (C=O) groups excluding carboxylic acids is 2. The highest BCUT2D eigenvalue weighted by molar-refractivity contribution is 5.77. The van der Waals surface area contributed by atoms with E-state index in [4.69, 9.17) is 4.74 Å². The molecule has 2 rings (SSSR count). The summed E-state index contributed by atoms with van der Waals surface area (Å²) in [5, 5.41) is 3.46. The van der Waals surface area contributed by atoms with E-state index in [1.807, 2.05) is 4.90 Å². The van der Waals surface area contributed by atoms with Gasteiger partial charge in [0.05, 0.1) is 6.61 Å². The molecular weight excluding hydrogens is 270 g/mol. The van der Waals surface area contributed by atoms with Crippen LogP contribution in [0, 0.1) is 0 Å². The van der Waals surface area contributed by atoms with Gasteiger partial charge >= 0.3 is 6.09 Å². The molecule has 0 atom stereocenters. The van der Waals surface area contributed by atoms with Crippen molar-refractivity contribution in [3.8, 4) is 0 Å². The summed E-state index contributed by atoms with van der Waals surface area (Å²) in [5.41, 5.74) is 0. The average molecular weight is 297 g/mol. The maximum absolute atomic E-state index is 12.1. The van der Waals surface area contributed by atoms with Crippen LogP contribution in [-0.2, 0) is 9.53 Å². The van der Waals surface area contributed by atoms with Crippen LogP contribution in [0.3, 0.4) is 0 Å². The molecule has 2 amide bonds. The zero-order valence-corrected chi connectivity index (χ0v) is 13.0. The van der Waals surface area contributed by atoms with Crippen LogP contribution < -0.4 is 5.32 Å². The summed E-state index contributed by atoms with van der Waals surface area (Å²) in [6.45, 7) is 5.32. The topological polar surface area (TPSA) is 61.9 Å². The summed E-state index contributed by atoms with van der Waals surface area (Å²) in [5.74, 6) is 0.184. The zero-order chi connectivity index (χ0) is 15.1. The molecule has 0 unspecified atom stereocenters. The van der Waals surface area contributed by atoms with Crippen molar-refractivity contribution in [3.05, 3.63) is 0 Å². The predicted octanol–water partition coefficient (Wildman–Crippen LogP) is 1.21. The summed E-state index contributed by atoms with van der Waals surface area (Å²) < 4.78 is 4.97. The molecule has 6 heteroatoms. The molecule has 6 nitrogen and oxygen atoms in total. The summed E-state index contributed by atoms with van der Waals surface area (Å²) >= 11 is 0. The number of nitrogens with one attached hydrogen (secondary N) is 1. The summed E-state index contributed by atoms with van der Waals surface area (Å²) in [4.78, 5) is 27.2. The number of nitrogens with zero attached hydrogens (tertiary/aromatic N) is 2. The molecule has 1 aliphatic carbocycles. The van der Waals surface area contributed by atoms with Crippen LogP contribution in [0.1, 0.15) is 39.0 Å². The van der Waals surface area contributed by atoms with Crippen LogP contribution in [0.2, 0.25) is 0 Å². The van der Waals surface area contributed by atoms with Gasteiger partial charge in [-0.25, -0.2) is 4.79 Å². The number of hydrogen-bond acceptors (Lipinski definition) is 4. The molecule has 1 saturated carbocycles. The van der Waals surface area contributed by atoms with E-state index < -0.39 is 0 Å². The minimum Gasteiger partial charge on any atom is -0.450 e. The Balaban J connectivity index is 1.62. The summed E-state index contributed by atoms with van der Waals surface area (Å²) in [6.07, 6.45) is 5.38. The molecule has 120 valence electrons. The SMILES string of the molecule is CCOC(=O)N1CCN(C(=O)CCNC2CCCC2)CC1. The quantitative estimate of drug-likeness (QED) is 0.828. The Bertz CT molecular complexity index is 348. The van der Waals surface area contributed by atoms with Crippen molar-refractivity contribution in [1.29, 1.82) is 0 Å². The molecular formula is C15H27N3O3. The highest BCUT2D eigenvalue weighted by Gasteiger charge is 2.24. The lowest BCUT2D eigenvalue weighted by Crippen LogP contribution is -2.51. The number of ether oxygens (including phenoxy) is 1. The van der Waals surface area contributed by atoms with Gasteiger partial charge in [-0.1, -0.05) is 12.8 Å². The fourth-order valence-electron chi connectivity index (χ4n) is 3.02. The van der Waals surface area contributed by atoms with Gasteiger partial charge < -0.3 is 19.9 Å². The lowest BCUT2D eigenvalue weighted by Gasteiger charge is -2.34. The highest BCUT2D eigenvalue weighted by atomic mass is 16.6. The van der Waals surface area contributed by atoms with Crippen molar-refractivity contribution in [1.82, 2.24) is 15.1 Å². The van der Waals surface area contributed by atoms with Crippen LogP contribution in [0.25, 0.3) is 0 Å². The van der Waals surface area contributed by atoms with E-state index in [1.54, 1.807) is 11.8 Å². The molecule has 0 bridgehead atoms. The van der Waals surface area contributed by atoms with Gasteiger partial charge in [-0.3, -0.25) is 4.79 Å². The molecule has 1 saturated heterocycles. The lowest BCUT2D eigenvalue weighted by molar-refractivity contribution is -0.132. The Kier molecular flexibility index (Phi) is 6.29. The Morgan fingerprint density at radius 2 is 1.71 bits per heavy atom. The molecule has 0 spiro atoms. The first-order chi connectivity index (χ1) is 10.2. The van der Waals surface area contributed by atoms with E-state index in [9.17, 15) is 9.59 Å². The van der Waals surface area contributed by atoms with Gasteiger partial charge in [-0.2, -0.15) is 0 Å². The minimum atomic E-state index is -0.271. The average Bonchev–Trinajstić information content (AvgIpc) is 3.01. The predicted molar refractivity (Wildman–Crippen MR) is 80.1 cm³/mol. The second kappa shape index (κ2) is 8.22. The summed E-state index contributed by atoms with van der Waals surface area (Å²) in [7, 11) is 0. The van der Waals surface area contributed by atoms with Crippen LogP contribution >= 0.6 is 0 Å². The Hall–Kier alpha value is -1.30. The van der Waals surface area contributed by atoms with Gasteiger partial charge in [-0.15, -0.1) is 0 Å². The molecule has 21 heavy (non-hydrogen) atoms. The van der Waals surface area contributed by atoms with Crippen molar-refractivity contribution in [2.24, 2.45) is 0 Å². The molecule has 0 aromatic carbocycles. The van der Waals surface area contributed by atoms with Gasteiger partial charge in [0.1, 0.15) is 0 Å². The Morgan fingerprint density at radius 1 is 1.10 bits per heavy atom. The van der Waals surface area contributed by atoms with Crippen LogP contribution in [0.5, 0.6) is 0 Å². The minimum absolute atomic E-state index is 0.184. The van der Waals surface area contributed by atoms with Gasteiger partial charge in [0.25, 0.3) is 0 Å². The van der Waals surface area contributed by atoms with Crippen molar-refractivity contribution in [2.75, 3.05) is 39.3 Å². The van der Waals surface area contributed by atoms with Gasteiger partial charge in [-0.05, 0) is 19.8 Å². The van der Waals surface area contributed by atoms with E-state index >= 15 is 0 Å². The molecule has 1 N–H and O–H groups in total. The second-order valence-corrected chi connectivity index (χ2v) is 5.75. The zero-order valence-electron chi connectivity index (χ0n) is 13.0. The van der Waals surface area contributed by atoms with E-state index in [1.165, 1.54) is 25.7 Å². The first-order valence-corrected chi connectivity index (χ1v) is 8.13. The maximum Gasteiger partial charge on any atom is 0.409 e. The van der Waals surface area contributed by atoms with Crippen molar-refractivity contribution in [3.63, 3.8) is 0 Å². The number of rotatable bonds is 5. The molecule has 0 aromatic heterocycles. The third kappa shape index (κ3) is 4.88. The van der Waals surface area contributed by atoms with Gasteiger partial charge in [0.15, 0.2) is 0 Å². The van der Waals surface area contributed by atoms with Crippen molar-refractivity contribution in [2.45, 2.75) is 45.1 Å². The molecule has 0 radical (unpaired) electrons. The molecule has 0 aromatic rings. The van der Waals surface area contributed by atoms with Gasteiger partial charge in [0.2, 0.25) is 5.91 Å². The van der Waals surface area contributed by atoms with E-state index in [0.717, 1.165) is 6.54 Å². The molecule has 1 heterocycles. The third-order valence-electron chi connectivity index (χ3n) is 4.29. The first kappa shape index (κ1) is 16.1. The molecule has 1 aliphatic heterocycles. The lowest BCUT2D eigenvalue weighted by atomic mass is 10.2. The smallest absolute Gasteiger partial charge is 0.409 e. The normalized spacial score (nSPS) is 19.9. The Labute approximate surface area is 126 Å². The second-order valence-electron chi connectivity index (χ2n) is 5.75. The van der Waals surface area contributed by atoms with Gasteiger partial charge in [0, 0.05) is 45.2 Å². The number of carbonyl (C=O) groups is 2. The number of hydrogen-bond donors (Lipinski definition) is 1. The maximum atomic E-state index is 12.1. The third-order valence-corrected chi connectivity index (χ3v) is 4.29. The fourth-order valence-corrected chi connectivity index (χ4v) is 3.02. The van der Waals surface area contributed by atoms with Crippen molar-refractivity contribution >= 4 is 12.0 Å². The fraction of sp³-hybridized carbons (Fsp3) is 0.867. The van der Waals surface area contributed by atoms with Crippen LogP contribution in [0.15, 0.2) is 0 Å². The highest BCUT2D eigenvalue weighted by Crippen LogP contribution is 2.17. The molecule has 2 fully saturated rings. The Morgan fingerprint density at radius 3 is 2.33 bits per heavy atom. The van der Waals surface area contributed by atoms with Crippen LogP contribution in [0.4, 0.5) is 4.79 Å². The standard InChI is InChI=1S/C15H27N3O3/c1-2-21-15(20)18-11-9-17(10-12-18)14(19)7-8-16-13-5-3-4-6-13/h13,16H,2-12H2,1H3. The first-order valence-electron chi connectivity index (χ1n) is 8.13. The van der Waals surface area contributed by atoms with E-state index in [-0.39, 0.29) is 12.0 Å². The van der Waals surface area contributed by atoms with E-state index in [0.29, 0.717) is 45.2 Å². The number of amides is 2. The number of piperazine rings is 1. The largest absolute Gasteiger partial charge is 0.450 e.